The number of nitrogens with zero attached hydrogens (tertiary/aromatic N) is 3. The molecular weight excluding hydrogens is 402 g/mol. The van der Waals surface area contributed by atoms with Crippen LogP contribution in [0.25, 0.3) is 0 Å². The first kappa shape index (κ1) is 44.2. The lowest BCUT2D eigenvalue weighted by atomic mass is 10.3. The molecule has 3 aromatic rings. The third-order valence-corrected chi connectivity index (χ3v) is 2.47. The van der Waals surface area contributed by atoms with Gasteiger partial charge in [-0.15, -0.1) is 0 Å². The lowest BCUT2D eigenvalue weighted by molar-refractivity contribution is 1.20. The fourth-order valence-corrected chi connectivity index (χ4v) is 1.32. The van der Waals surface area contributed by atoms with Crippen LogP contribution in [0.2, 0.25) is 0 Å². The van der Waals surface area contributed by atoms with Crippen molar-refractivity contribution >= 4 is 0 Å². The van der Waals surface area contributed by atoms with E-state index in [1.165, 1.54) is 11.1 Å². The van der Waals surface area contributed by atoms with Crippen molar-refractivity contribution in [2.24, 2.45) is 0 Å². The summed E-state index contributed by atoms with van der Waals surface area (Å²) in [5.74, 6) is 0. The molecule has 3 nitrogen and oxygen atoms in total. The molecule has 0 aromatic carbocycles. The van der Waals surface area contributed by atoms with Crippen molar-refractivity contribution < 1.29 is 0 Å². The fraction of sp³-hybridized carbons (Fsp3) is 0.500. The Labute approximate surface area is 209 Å². The zero-order valence-corrected chi connectivity index (χ0v) is 24.8. The molecule has 0 aliphatic carbocycles. The van der Waals surface area contributed by atoms with Gasteiger partial charge in [0.2, 0.25) is 0 Å². The Kier molecular flexibility index (Phi) is 69.4. The summed E-state index contributed by atoms with van der Waals surface area (Å²) in [7, 11) is 0. The van der Waals surface area contributed by atoms with Crippen LogP contribution in [0.3, 0.4) is 0 Å². The molecule has 0 N–H and O–H groups in total. The topological polar surface area (TPSA) is 38.7 Å². The highest BCUT2D eigenvalue weighted by atomic mass is 14.6. The first-order valence-electron chi connectivity index (χ1n) is 12.8. The van der Waals surface area contributed by atoms with Crippen LogP contribution in [0, 0.1) is 20.8 Å². The van der Waals surface area contributed by atoms with Crippen LogP contribution >= 0.6 is 0 Å². The molecule has 3 heterocycles. The van der Waals surface area contributed by atoms with E-state index in [0.717, 1.165) is 5.69 Å². The van der Waals surface area contributed by atoms with Crippen LogP contribution in [0.4, 0.5) is 0 Å². The molecule has 0 saturated heterocycles. The van der Waals surface area contributed by atoms with Gasteiger partial charge in [-0.25, -0.2) is 0 Å². The van der Waals surface area contributed by atoms with E-state index in [1.807, 2.05) is 153 Å². The van der Waals surface area contributed by atoms with E-state index in [9.17, 15) is 0 Å². The summed E-state index contributed by atoms with van der Waals surface area (Å²) in [5, 5.41) is 0. The Bertz CT molecular complexity index is 494. The molecule has 0 radical (unpaired) electrons. The van der Waals surface area contributed by atoms with Gasteiger partial charge in [0.1, 0.15) is 0 Å². The maximum absolute atomic E-state index is 3.98. The van der Waals surface area contributed by atoms with Crippen molar-refractivity contribution in [2.45, 2.75) is 104 Å². The molecule has 3 rings (SSSR count). The van der Waals surface area contributed by atoms with Crippen LogP contribution in [0.1, 0.15) is 99.9 Å². The lowest BCUT2D eigenvalue weighted by Crippen LogP contribution is -1.72. The minimum Gasteiger partial charge on any atom is -0.265 e. The molecule has 0 unspecified atom stereocenters. The van der Waals surface area contributed by atoms with Crippen LogP contribution in [-0.2, 0) is 0 Å². The summed E-state index contributed by atoms with van der Waals surface area (Å²) in [6, 6.07) is 13.7. The highest BCUT2D eigenvalue weighted by molar-refractivity contribution is 5.06. The summed E-state index contributed by atoms with van der Waals surface area (Å²) >= 11 is 0. The van der Waals surface area contributed by atoms with Gasteiger partial charge >= 0.3 is 0 Å². The molecule has 33 heavy (non-hydrogen) atoms. The van der Waals surface area contributed by atoms with Gasteiger partial charge in [-0.1, -0.05) is 95.2 Å². The lowest BCUT2D eigenvalue weighted by Gasteiger charge is -1.82. The van der Waals surface area contributed by atoms with E-state index < -0.39 is 0 Å². The van der Waals surface area contributed by atoms with Crippen LogP contribution in [0.5, 0.6) is 0 Å². The highest BCUT2D eigenvalue weighted by Gasteiger charge is 1.74. The monoisotopic (exact) mass is 459 g/mol. The van der Waals surface area contributed by atoms with E-state index >= 15 is 0 Å². The molecule has 0 amide bonds. The largest absolute Gasteiger partial charge is 0.265 e. The number of hydrogen-bond acceptors (Lipinski definition) is 3. The van der Waals surface area contributed by atoms with E-state index in [4.69, 9.17) is 0 Å². The summed E-state index contributed by atoms with van der Waals surface area (Å²) in [4.78, 5) is 11.7. The Hall–Kier alpha value is -2.55. The summed E-state index contributed by atoms with van der Waals surface area (Å²) in [5.41, 5.74) is 3.54. The second-order valence-corrected chi connectivity index (χ2v) is 4.53. The van der Waals surface area contributed by atoms with Gasteiger partial charge in [-0.2, -0.15) is 0 Å². The van der Waals surface area contributed by atoms with E-state index in [2.05, 4.69) is 15.0 Å². The maximum Gasteiger partial charge on any atom is 0.0372 e. The predicted molar refractivity (Wildman–Crippen MR) is 155 cm³/mol. The van der Waals surface area contributed by atoms with Gasteiger partial charge < -0.3 is 0 Å². The van der Waals surface area contributed by atoms with Gasteiger partial charge in [0.15, 0.2) is 0 Å². The zero-order chi connectivity index (χ0) is 27.3. The van der Waals surface area contributed by atoms with Crippen LogP contribution < -0.4 is 0 Å². The van der Waals surface area contributed by atoms with Crippen molar-refractivity contribution in [2.75, 3.05) is 0 Å². The molecule has 192 valence electrons. The van der Waals surface area contributed by atoms with Crippen molar-refractivity contribution in [3.63, 3.8) is 0 Å². The van der Waals surface area contributed by atoms with Crippen LogP contribution in [-0.4, -0.2) is 15.0 Å². The minimum absolute atomic E-state index is 1.07. The summed E-state index contributed by atoms with van der Waals surface area (Å²) < 4.78 is 0. The normalized spacial score (nSPS) is 6.64. The van der Waals surface area contributed by atoms with Crippen molar-refractivity contribution in [3.05, 3.63) is 90.3 Å². The number of aromatic nitrogens is 3. The first-order valence-corrected chi connectivity index (χ1v) is 12.8. The number of aryl methyl sites for hydroxylation is 3. The third-order valence-electron chi connectivity index (χ3n) is 2.47. The van der Waals surface area contributed by atoms with E-state index in [1.54, 1.807) is 24.8 Å². The van der Waals surface area contributed by atoms with Gasteiger partial charge in [0.25, 0.3) is 0 Å². The third kappa shape index (κ3) is 48.2. The number of hydrogen-bond donors (Lipinski definition) is 0. The summed E-state index contributed by atoms with van der Waals surface area (Å²) in [6.07, 6.45) is 8.97. The molecule has 3 heteroatoms. The smallest absolute Gasteiger partial charge is 0.0372 e. The Morgan fingerprint density at radius 3 is 1.09 bits per heavy atom. The van der Waals surface area contributed by atoms with Crippen molar-refractivity contribution in [1.82, 2.24) is 15.0 Å². The molecule has 0 atom stereocenters. The molecular formula is C30H57N3. The molecule has 0 aliphatic heterocycles. The zero-order valence-electron chi connectivity index (χ0n) is 24.8. The molecule has 0 saturated carbocycles. The fourth-order valence-electron chi connectivity index (χ4n) is 1.32. The van der Waals surface area contributed by atoms with Gasteiger partial charge in [-0.05, 0) is 62.2 Å². The first-order chi connectivity index (χ1) is 16.2. The van der Waals surface area contributed by atoms with Crippen molar-refractivity contribution in [1.29, 1.82) is 0 Å². The Balaban J connectivity index is -0.0000000676. The molecule has 0 aliphatic rings. The highest BCUT2D eigenvalue weighted by Crippen LogP contribution is 1.89. The number of pyridine rings is 3. The molecule has 0 bridgehead atoms. The van der Waals surface area contributed by atoms with Gasteiger partial charge in [-0.3, -0.25) is 15.0 Å². The second-order valence-electron chi connectivity index (χ2n) is 4.53. The Morgan fingerprint density at radius 1 is 0.424 bits per heavy atom. The maximum atomic E-state index is 3.98. The van der Waals surface area contributed by atoms with Gasteiger partial charge in [0, 0.05) is 36.7 Å². The average molecular weight is 460 g/mol. The number of rotatable bonds is 0. The van der Waals surface area contributed by atoms with Crippen molar-refractivity contribution in [3.8, 4) is 0 Å². The average Bonchev–Trinajstić information content (AvgIpc) is 2.93. The van der Waals surface area contributed by atoms with E-state index in [-0.39, 0.29) is 0 Å². The standard InChI is InChI=1S/3C6H7N.6C2H6/c1-6-2-4-7-5-3-6;1-6-3-2-4-7-5-6;1-6-4-2-3-5-7-6;6*1-2/h3*2-5H,1H3;6*1-2H3. The molecule has 0 spiro atoms. The quantitative estimate of drug-likeness (QED) is 0.335. The molecule has 3 aromatic heterocycles. The van der Waals surface area contributed by atoms with E-state index in [0.29, 0.717) is 0 Å². The summed E-state index contributed by atoms with van der Waals surface area (Å²) in [6.45, 7) is 30.0. The minimum atomic E-state index is 1.07. The molecule has 0 fully saturated rings. The van der Waals surface area contributed by atoms with Gasteiger partial charge in [0.05, 0.1) is 0 Å². The second kappa shape index (κ2) is 51.8. The SMILES string of the molecule is CC.CC.CC.CC.CC.CC.Cc1ccccn1.Cc1cccnc1.Cc1ccncc1. The predicted octanol–water partition coefficient (Wildman–Crippen LogP) is 10.3. The Morgan fingerprint density at radius 2 is 0.909 bits per heavy atom. The van der Waals surface area contributed by atoms with Crippen LogP contribution in [0.15, 0.2) is 73.4 Å².